The molecule has 2 aromatic carbocycles. The number of aliphatic hydroxyl groups excluding tert-OH is 1. The van der Waals surface area contributed by atoms with E-state index in [1.54, 1.807) is 13.1 Å². The van der Waals surface area contributed by atoms with E-state index in [1.807, 2.05) is 98.0 Å². The van der Waals surface area contributed by atoms with Gasteiger partial charge in [0.1, 0.15) is 0 Å². The zero-order valence-corrected chi connectivity index (χ0v) is 36.7. The van der Waals surface area contributed by atoms with E-state index in [0.717, 1.165) is 23.1 Å². The van der Waals surface area contributed by atoms with E-state index in [4.69, 9.17) is 16.6 Å². The molecule has 0 radical (unpaired) electrons. The van der Waals surface area contributed by atoms with E-state index in [2.05, 4.69) is 64.7 Å². The van der Waals surface area contributed by atoms with Crippen molar-refractivity contribution in [2.75, 3.05) is 6.86 Å². The largest absolute Gasteiger partial charge is 0.405 e. The van der Waals surface area contributed by atoms with Crippen molar-refractivity contribution in [2.45, 2.75) is 181 Å². The van der Waals surface area contributed by atoms with E-state index in [0.29, 0.717) is 6.04 Å². The first-order chi connectivity index (χ1) is 24.9. The Hall–Kier alpha value is -3.09. The SMILES string of the molecule is CC.CC.CC.CC(=O)c1ccc(C)cc1C.CC1=NC=CCC1.CCCC.CCCCCCCCC(C)N.Cc1ccc(/C=C/N)cc1.OCF. The lowest BCUT2D eigenvalue weighted by Gasteiger charge is -2.03. The minimum atomic E-state index is -1.25. The zero-order chi connectivity index (χ0) is 41.6. The van der Waals surface area contributed by atoms with Crippen LogP contribution in [0, 0.1) is 20.8 Å². The number of alkyl halides is 1. The van der Waals surface area contributed by atoms with Crippen LogP contribution >= 0.6 is 0 Å². The number of aliphatic hydroxyl groups is 1. The topological polar surface area (TPSA) is 102 Å². The molecule has 6 heteroatoms. The minimum Gasteiger partial charge on any atom is -0.405 e. The van der Waals surface area contributed by atoms with Crippen molar-refractivity contribution in [3.8, 4) is 0 Å². The van der Waals surface area contributed by atoms with Crippen LogP contribution in [0.15, 0.2) is 65.9 Å². The van der Waals surface area contributed by atoms with Gasteiger partial charge in [0.25, 0.3) is 0 Å². The van der Waals surface area contributed by atoms with Crippen LogP contribution < -0.4 is 11.5 Å². The van der Waals surface area contributed by atoms with Crippen molar-refractivity contribution in [1.82, 2.24) is 0 Å². The van der Waals surface area contributed by atoms with Gasteiger partial charge >= 0.3 is 0 Å². The predicted octanol–water partition coefficient (Wildman–Crippen LogP) is 14.1. The van der Waals surface area contributed by atoms with Gasteiger partial charge in [-0.05, 0) is 84.2 Å². The second-order valence-electron chi connectivity index (χ2n) is 11.6. The van der Waals surface area contributed by atoms with Gasteiger partial charge in [0.15, 0.2) is 12.6 Å². The van der Waals surface area contributed by atoms with Crippen LogP contribution in [0.5, 0.6) is 0 Å². The third-order valence-electron chi connectivity index (χ3n) is 6.71. The molecule has 1 atom stereocenters. The number of allylic oxidation sites excluding steroid dienone is 1. The van der Waals surface area contributed by atoms with Gasteiger partial charge in [-0.1, -0.05) is 173 Å². The summed E-state index contributed by atoms with van der Waals surface area (Å²) in [6.07, 6.45) is 21.8. The number of ketones is 1. The van der Waals surface area contributed by atoms with Gasteiger partial charge in [-0.15, -0.1) is 0 Å². The molecule has 0 amide bonds. The number of benzene rings is 2. The average molecular weight is 732 g/mol. The van der Waals surface area contributed by atoms with Gasteiger partial charge in [0, 0.05) is 23.5 Å². The first-order valence-corrected chi connectivity index (χ1v) is 20.1. The van der Waals surface area contributed by atoms with Crippen molar-refractivity contribution < 1.29 is 14.3 Å². The van der Waals surface area contributed by atoms with E-state index in [-0.39, 0.29) is 5.78 Å². The first-order valence-electron chi connectivity index (χ1n) is 20.1. The molecule has 1 unspecified atom stereocenters. The Morgan fingerprint density at radius 1 is 0.827 bits per heavy atom. The molecule has 3 rings (SSSR count). The summed E-state index contributed by atoms with van der Waals surface area (Å²) in [5.74, 6) is 0.141. The fourth-order valence-electron chi connectivity index (χ4n) is 3.86. The number of unbranched alkanes of at least 4 members (excludes halogenated alkanes) is 6. The van der Waals surface area contributed by atoms with Gasteiger partial charge < -0.3 is 16.6 Å². The Balaban J connectivity index is -0.000000123. The van der Waals surface area contributed by atoms with Crippen molar-refractivity contribution in [2.24, 2.45) is 16.5 Å². The number of halogens is 1. The molecule has 0 aromatic heterocycles. The summed E-state index contributed by atoms with van der Waals surface area (Å²) < 4.78 is 9.85. The quantitative estimate of drug-likeness (QED) is 0.167. The highest BCUT2D eigenvalue weighted by atomic mass is 19.1. The highest BCUT2D eigenvalue weighted by molar-refractivity contribution is 5.95. The number of aryl methyl sites for hydroxylation is 3. The fourth-order valence-corrected chi connectivity index (χ4v) is 3.86. The number of aliphatic imine (C=N–C) groups is 1. The molecule has 52 heavy (non-hydrogen) atoms. The minimum absolute atomic E-state index is 0.141. The van der Waals surface area contributed by atoms with Gasteiger partial charge in [-0.2, -0.15) is 0 Å². The number of carbonyl (C=O) groups is 1. The van der Waals surface area contributed by atoms with Crippen molar-refractivity contribution in [3.05, 3.63) is 88.8 Å². The summed E-state index contributed by atoms with van der Waals surface area (Å²) >= 11 is 0. The first kappa shape index (κ1) is 61.0. The zero-order valence-electron chi connectivity index (χ0n) is 36.7. The molecule has 5 N–H and O–H groups in total. The highest BCUT2D eigenvalue weighted by Gasteiger charge is 2.01. The number of rotatable bonds is 10. The summed E-state index contributed by atoms with van der Waals surface area (Å²) in [6, 6.07) is 14.5. The van der Waals surface area contributed by atoms with Crippen LogP contribution in [-0.4, -0.2) is 29.5 Å². The van der Waals surface area contributed by atoms with Gasteiger partial charge in [-0.25, -0.2) is 4.39 Å². The molecule has 1 heterocycles. The lowest BCUT2D eigenvalue weighted by molar-refractivity contribution is 0.101. The van der Waals surface area contributed by atoms with Gasteiger partial charge in [0.2, 0.25) is 0 Å². The molecule has 1 aliphatic rings. The van der Waals surface area contributed by atoms with Crippen LogP contribution in [0.4, 0.5) is 4.39 Å². The molecule has 0 bridgehead atoms. The third kappa shape index (κ3) is 51.3. The molecule has 0 saturated heterocycles. The second kappa shape index (κ2) is 52.3. The van der Waals surface area contributed by atoms with E-state index in [1.165, 1.54) is 81.0 Å². The van der Waals surface area contributed by atoms with Crippen molar-refractivity contribution in [3.63, 3.8) is 0 Å². The lowest BCUT2D eigenvalue weighted by atomic mass is 10.0. The number of nitrogens with two attached hydrogens (primary N) is 2. The lowest BCUT2D eigenvalue weighted by Crippen LogP contribution is -2.13. The second-order valence-corrected chi connectivity index (χ2v) is 11.6. The van der Waals surface area contributed by atoms with Crippen LogP contribution in [0.25, 0.3) is 6.08 Å². The molecule has 5 nitrogen and oxygen atoms in total. The molecule has 2 aromatic rings. The summed E-state index contributed by atoms with van der Waals surface area (Å²) in [5, 5.41) is 6.90. The number of carbonyl (C=O) groups excluding carboxylic acids is 1. The van der Waals surface area contributed by atoms with Crippen molar-refractivity contribution >= 4 is 17.6 Å². The Bertz CT molecular complexity index is 1060. The van der Waals surface area contributed by atoms with Crippen LogP contribution in [-0.2, 0) is 0 Å². The number of hydrogen-bond donors (Lipinski definition) is 3. The number of hydrogen-bond acceptors (Lipinski definition) is 5. The molecule has 0 spiro atoms. The Labute approximate surface area is 323 Å². The molecule has 1 aliphatic heterocycles. The normalized spacial score (nSPS) is 10.8. The average Bonchev–Trinajstić information content (AvgIpc) is 3.15. The summed E-state index contributed by atoms with van der Waals surface area (Å²) in [7, 11) is 0. The maximum atomic E-state index is 11.0. The summed E-state index contributed by atoms with van der Waals surface area (Å²) in [6.45, 7) is 29.2. The number of nitrogens with zero attached hydrogens (tertiary/aromatic N) is 1. The van der Waals surface area contributed by atoms with Crippen LogP contribution in [0.1, 0.15) is 186 Å². The fraction of sp³-hybridized carbons (Fsp3) is 0.609. The molecular formula is C46H86FN3O2. The van der Waals surface area contributed by atoms with Gasteiger partial charge in [0.05, 0.1) is 0 Å². The Morgan fingerprint density at radius 2 is 1.31 bits per heavy atom. The Morgan fingerprint density at radius 3 is 1.65 bits per heavy atom. The van der Waals surface area contributed by atoms with Crippen LogP contribution in [0.3, 0.4) is 0 Å². The predicted molar refractivity (Wildman–Crippen MR) is 236 cm³/mol. The van der Waals surface area contributed by atoms with Crippen molar-refractivity contribution in [1.29, 1.82) is 0 Å². The van der Waals surface area contributed by atoms with Crippen LogP contribution in [0.2, 0.25) is 0 Å². The summed E-state index contributed by atoms with van der Waals surface area (Å²) in [4.78, 5) is 15.0. The number of Topliss-reactive ketones (excluding diaryl/α,β-unsaturated/α-hetero) is 1. The maximum Gasteiger partial charge on any atom is 0.185 e. The molecule has 0 fully saturated rings. The smallest absolute Gasteiger partial charge is 0.185 e. The van der Waals surface area contributed by atoms with E-state index < -0.39 is 6.86 Å². The standard InChI is InChI=1S/C10H23N.C10H12O.C9H11N.C6H9N.C4H10.3C2H6.CH3FO/c1-3-4-5-6-7-8-9-10(2)11;1-7-4-5-10(9(3)11)8(2)6-7;1-8-2-4-9(5-3-8)6-7-10;1-6-4-2-3-5-7-6;1-3-4-2;3*1-2;2-1-3/h10H,3-9,11H2,1-2H3;4-6H,1-3H3;2-7H,10H2,1H3;3,5H,2,4H2,1H3;3-4H2,1-2H3;3*1-2H3;3H,1H2/b;;7-6+;;;;;;. The van der Waals surface area contributed by atoms with E-state index in [9.17, 15) is 9.18 Å². The molecule has 0 saturated carbocycles. The van der Waals surface area contributed by atoms with Gasteiger partial charge in [-0.3, -0.25) is 9.79 Å². The molecule has 304 valence electrons. The maximum absolute atomic E-state index is 11.0. The van der Waals surface area contributed by atoms with E-state index >= 15 is 0 Å². The highest BCUT2D eigenvalue weighted by Crippen LogP contribution is 2.10. The third-order valence-corrected chi connectivity index (χ3v) is 6.71. The molecular weight excluding hydrogens is 646 g/mol. The monoisotopic (exact) mass is 732 g/mol. The molecule has 0 aliphatic carbocycles. The Kier molecular flexibility index (Phi) is 61.3. The summed E-state index contributed by atoms with van der Waals surface area (Å²) in [5.41, 5.74) is 17.6.